The monoisotopic (exact) mass is 311 g/mol. The number of nitrogens with one attached hydrogen (secondary N) is 1. The molecule has 0 saturated carbocycles. The molecule has 0 spiro atoms. The molecule has 20 heavy (non-hydrogen) atoms. The predicted molar refractivity (Wildman–Crippen MR) is 84.6 cm³/mol. The van der Waals surface area contributed by atoms with Crippen molar-refractivity contribution in [3.63, 3.8) is 0 Å². The molecule has 0 aliphatic carbocycles. The highest BCUT2D eigenvalue weighted by Gasteiger charge is 2.15. The van der Waals surface area contributed by atoms with Gasteiger partial charge in [-0.05, 0) is 56.1 Å². The first-order valence-corrected chi connectivity index (χ1v) is 7.58. The maximum atomic E-state index is 6.26. The van der Waals surface area contributed by atoms with Crippen LogP contribution in [0.1, 0.15) is 36.3 Å². The second-order valence-corrected chi connectivity index (χ2v) is 5.78. The zero-order chi connectivity index (χ0) is 14.5. The molecule has 0 fully saturated rings. The zero-order valence-electron chi connectivity index (χ0n) is 11.7. The van der Waals surface area contributed by atoms with Gasteiger partial charge in [0.25, 0.3) is 0 Å². The molecule has 1 N–H and O–H groups in total. The molecule has 0 saturated heterocycles. The second-order valence-electron chi connectivity index (χ2n) is 4.94. The summed E-state index contributed by atoms with van der Waals surface area (Å²) in [4.78, 5) is 0. The van der Waals surface area contributed by atoms with Crippen LogP contribution in [-0.4, -0.2) is 6.54 Å². The number of aryl methyl sites for hydroxylation is 1. The fraction of sp³-hybridized carbons (Fsp3) is 0.375. The van der Waals surface area contributed by atoms with Crippen molar-refractivity contribution in [2.45, 2.75) is 32.7 Å². The smallest absolute Gasteiger partial charge is 0.101 e. The number of rotatable bonds is 6. The van der Waals surface area contributed by atoms with Gasteiger partial charge in [-0.25, -0.2) is 0 Å². The largest absolute Gasteiger partial charge is 0.469 e. The van der Waals surface area contributed by atoms with Crippen LogP contribution in [0.2, 0.25) is 10.0 Å². The molecule has 0 aliphatic rings. The molecular formula is C16H19Cl2NO. The van der Waals surface area contributed by atoms with Crippen LogP contribution in [-0.2, 0) is 6.42 Å². The SMILES string of the molecule is CCCNC(Cc1cc(Cl)ccc1Cl)c1coc(C)c1. The third kappa shape index (κ3) is 4.02. The Morgan fingerprint density at radius 1 is 1.25 bits per heavy atom. The topological polar surface area (TPSA) is 25.2 Å². The fourth-order valence-corrected chi connectivity index (χ4v) is 2.58. The minimum atomic E-state index is 0.184. The summed E-state index contributed by atoms with van der Waals surface area (Å²) in [5.41, 5.74) is 2.19. The summed E-state index contributed by atoms with van der Waals surface area (Å²) < 4.78 is 5.42. The van der Waals surface area contributed by atoms with Crippen molar-refractivity contribution in [1.29, 1.82) is 0 Å². The van der Waals surface area contributed by atoms with Gasteiger partial charge in [-0.15, -0.1) is 0 Å². The van der Waals surface area contributed by atoms with Crippen LogP contribution < -0.4 is 5.32 Å². The molecular weight excluding hydrogens is 293 g/mol. The molecule has 2 nitrogen and oxygen atoms in total. The van der Waals surface area contributed by atoms with Crippen LogP contribution in [0, 0.1) is 6.92 Å². The predicted octanol–water partition coefficient (Wildman–Crippen LogP) is 5.18. The molecule has 4 heteroatoms. The van der Waals surface area contributed by atoms with E-state index in [0.717, 1.165) is 41.3 Å². The molecule has 2 rings (SSSR count). The molecule has 1 aromatic carbocycles. The molecule has 2 aromatic rings. The first-order valence-electron chi connectivity index (χ1n) is 6.82. The molecule has 1 unspecified atom stereocenters. The Kier molecular flexibility index (Phi) is 5.53. The van der Waals surface area contributed by atoms with Gasteiger partial charge in [0, 0.05) is 21.7 Å². The average molecular weight is 312 g/mol. The lowest BCUT2D eigenvalue weighted by atomic mass is 10.0. The highest BCUT2D eigenvalue weighted by molar-refractivity contribution is 6.33. The van der Waals surface area contributed by atoms with E-state index < -0.39 is 0 Å². The molecule has 0 amide bonds. The van der Waals surface area contributed by atoms with Crippen LogP contribution in [0.3, 0.4) is 0 Å². The van der Waals surface area contributed by atoms with Gasteiger partial charge in [-0.3, -0.25) is 0 Å². The van der Waals surface area contributed by atoms with E-state index >= 15 is 0 Å². The van der Waals surface area contributed by atoms with Crippen LogP contribution >= 0.6 is 23.2 Å². The summed E-state index contributed by atoms with van der Waals surface area (Å²) in [7, 11) is 0. The van der Waals surface area contributed by atoms with E-state index in [1.165, 1.54) is 0 Å². The van der Waals surface area contributed by atoms with Crippen molar-refractivity contribution in [3.8, 4) is 0 Å². The summed E-state index contributed by atoms with van der Waals surface area (Å²) in [6.07, 6.45) is 3.68. The number of halogens is 2. The third-order valence-corrected chi connectivity index (χ3v) is 3.83. The summed E-state index contributed by atoms with van der Waals surface area (Å²) in [5, 5.41) is 4.99. The van der Waals surface area contributed by atoms with Crippen molar-refractivity contribution < 1.29 is 4.42 Å². The summed E-state index contributed by atoms with van der Waals surface area (Å²) >= 11 is 12.3. The van der Waals surface area contributed by atoms with E-state index in [4.69, 9.17) is 27.6 Å². The van der Waals surface area contributed by atoms with Gasteiger partial charge in [0.05, 0.1) is 6.26 Å². The molecule has 0 radical (unpaired) electrons. The molecule has 108 valence electrons. The van der Waals surface area contributed by atoms with E-state index in [0.29, 0.717) is 5.02 Å². The standard InChI is InChI=1S/C16H19Cl2NO/c1-3-6-19-16(13-7-11(2)20-10-13)9-12-8-14(17)4-5-15(12)18/h4-5,7-8,10,16,19H,3,6,9H2,1-2H3. The van der Waals surface area contributed by atoms with E-state index in [2.05, 4.69) is 18.3 Å². The van der Waals surface area contributed by atoms with Gasteiger partial charge >= 0.3 is 0 Å². The molecule has 1 heterocycles. The number of hydrogen-bond donors (Lipinski definition) is 1. The van der Waals surface area contributed by atoms with E-state index in [9.17, 15) is 0 Å². The van der Waals surface area contributed by atoms with Gasteiger partial charge in [0.1, 0.15) is 5.76 Å². The summed E-state index contributed by atoms with van der Waals surface area (Å²) in [6.45, 7) is 5.05. The Balaban J connectivity index is 2.21. The Morgan fingerprint density at radius 2 is 2.05 bits per heavy atom. The lowest BCUT2D eigenvalue weighted by Crippen LogP contribution is -2.23. The molecule has 0 bridgehead atoms. The van der Waals surface area contributed by atoms with Crippen molar-refractivity contribution in [1.82, 2.24) is 5.32 Å². The minimum absolute atomic E-state index is 0.184. The maximum absolute atomic E-state index is 6.26. The first-order chi connectivity index (χ1) is 9.60. The molecule has 1 atom stereocenters. The Hall–Kier alpha value is -0.960. The van der Waals surface area contributed by atoms with Gasteiger partial charge in [-0.1, -0.05) is 30.1 Å². The summed E-state index contributed by atoms with van der Waals surface area (Å²) in [5.74, 6) is 0.917. The van der Waals surface area contributed by atoms with Crippen molar-refractivity contribution >= 4 is 23.2 Å². The zero-order valence-corrected chi connectivity index (χ0v) is 13.3. The Morgan fingerprint density at radius 3 is 2.70 bits per heavy atom. The van der Waals surface area contributed by atoms with Crippen molar-refractivity contribution in [2.24, 2.45) is 0 Å². The number of hydrogen-bond acceptors (Lipinski definition) is 2. The average Bonchev–Trinajstić information content (AvgIpc) is 2.85. The normalized spacial score (nSPS) is 12.6. The van der Waals surface area contributed by atoms with Crippen LogP contribution in [0.4, 0.5) is 0 Å². The molecule has 1 aromatic heterocycles. The highest BCUT2D eigenvalue weighted by atomic mass is 35.5. The van der Waals surface area contributed by atoms with Gasteiger partial charge in [-0.2, -0.15) is 0 Å². The lowest BCUT2D eigenvalue weighted by molar-refractivity contribution is 0.503. The number of benzene rings is 1. The lowest BCUT2D eigenvalue weighted by Gasteiger charge is -2.18. The van der Waals surface area contributed by atoms with Crippen LogP contribution in [0.5, 0.6) is 0 Å². The van der Waals surface area contributed by atoms with Gasteiger partial charge in [0.2, 0.25) is 0 Å². The fourth-order valence-electron chi connectivity index (χ4n) is 2.19. The number of furan rings is 1. The third-order valence-electron chi connectivity index (χ3n) is 3.23. The Bertz CT molecular complexity index is 565. The van der Waals surface area contributed by atoms with Crippen LogP contribution in [0.25, 0.3) is 0 Å². The van der Waals surface area contributed by atoms with Gasteiger partial charge in [0.15, 0.2) is 0 Å². The first kappa shape index (κ1) is 15.4. The minimum Gasteiger partial charge on any atom is -0.469 e. The van der Waals surface area contributed by atoms with Gasteiger partial charge < -0.3 is 9.73 Å². The van der Waals surface area contributed by atoms with Crippen molar-refractivity contribution in [2.75, 3.05) is 6.54 Å². The molecule has 0 aliphatic heterocycles. The van der Waals surface area contributed by atoms with E-state index in [1.54, 1.807) is 6.26 Å². The highest BCUT2D eigenvalue weighted by Crippen LogP contribution is 2.27. The summed E-state index contributed by atoms with van der Waals surface area (Å²) in [6, 6.07) is 7.83. The maximum Gasteiger partial charge on any atom is 0.101 e. The van der Waals surface area contributed by atoms with Crippen molar-refractivity contribution in [3.05, 3.63) is 57.5 Å². The van der Waals surface area contributed by atoms with E-state index in [-0.39, 0.29) is 6.04 Å². The van der Waals surface area contributed by atoms with Crippen LogP contribution in [0.15, 0.2) is 34.9 Å². The Labute approximate surface area is 130 Å². The van der Waals surface area contributed by atoms with E-state index in [1.807, 2.05) is 25.1 Å². The quantitative estimate of drug-likeness (QED) is 0.795. The second kappa shape index (κ2) is 7.16.